The van der Waals surface area contributed by atoms with Crippen molar-refractivity contribution in [3.05, 3.63) is 75.6 Å². The molecule has 0 radical (unpaired) electrons. The maximum atomic E-state index is 13.0. The van der Waals surface area contributed by atoms with Crippen molar-refractivity contribution in [2.45, 2.75) is 52.0 Å². The Hall–Kier alpha value is -2.88. The highest BCUT2D eigenvalue weighted by Crippen LogP contribution is 2.43. The summed E-state index contributed by atoms with van der Waals surface area (Å²) in [6, 6.07) is 15.6. The van der Waals surface area contributed by atoms with Crippen LogP contribution in [0.1, 0.15) is 66.9 Å². The molecule has 1 saturated carbocycles. The lowest BCUT2D eigenvalue weighted by Gasteiger charge is -2.20. The second-order valence-electron chi connectivity index (χ2n) is 8.30. The quantitative estimate of drug-likeness (QED) is 0.595. The summed E-state index contributed by atoms with van der Waals surface area (Å²) < 4.78 is 1.80. The molecule has 0 atom stereocenters. The SMILES string of the molecule is CCn1c(=O)cc(C2CC2)c2cc(N(C)C(=O)c3ccc(C(C)C)cc3)ccc21. The lowest BCUT2D eigenvalue weighted by molar-refractivity contribution is 0.0993. The number of anilines is 1. The van der Waals surface area contributed by atoms with Crippen LogP contribution in [-0.4, -0.2) is 17.5 Å². The van der Waals surface area contributed by atoms with Gasteiger partial charge >= 0.3 is 0 Å². The number of rotatable bonds is 5. The van der Waals surface area contributed by atoms with Crippen LogP contribution in [0.2, 0.25) is 0 Å². The second-order valence-corrected chi connectivity index (χ2v) is 8.30. The average molecular weight is 389 g/mol. The van der Waals surface area contributed by atoms with Crippen molar-refractivity contribution < 1.29 is 4.79 Å². The fraction of sp³-hybridized carbons (Fsp3) is 0.360. The molecule has 4 nitrogen and oxygen atoms in total. The highest BCUT2D eigenvalue weighted by atomic mass is 16.2. The van der Waals surface area contributed by atoms with Crippen LogP contribution in [0.15, 0.2) is 53.3 Å². The van der Waals surface area contributed by atoms with Gasteiger partial charge in [0.05, 0.1) is 5.52 Å². The Morgan fingerprint density at radius 1 is 1.10 bits per heavy atom. The Balaban J connectivity index is 1.73. The van der Waals surface area contributed by atoms with Crippen molar-refractivity contribution >= 4 is 22.5 Å². The highest BCUT2D eigenvalue weighted by Gasteiger charge is 2.27. The number of pyridine rings is 1. The van der Waals surface area contributed by atoms with Crippen LogP contribution in [0, 0.1) is 0 Å². The first-order chi connectivity index (χ1) is 13.9. The van der Waals surface area contributed by atoms with Gasteiger partial charge in [-0.3, -0.25) is 9.59 Å². The molecule has 1 fully saturated rings. The summed E-state index contributed by atoms with van der Waals surface area (Å²) in [7, 11) is 1.81. The van der Waals surface area contributed by atoms with E-state index in [2.05, 4.69) is 19.9 Å². The summed E-state index contributed by atoms with van der Waals surface area (Å²) in [5.74, 6) is 0.877. The van der Waals surface area contributed by atoms with E-state index in [9.17, 15) is 9.59 Å². The van der Waals surface area contributed by atoms with Gasteiger partial charge in [-0.05, 0) is 73.1 Å². The summed E-state index contributed by atoms with van der Waals surface area (Å²) >= 11 is 0. The van der Waals surface area contributed by atoms with Crippen LogP contribution >= 0.6 is 0 Å². The topological polar surface area (TPSA) is 42.3 Å². The van der Waals surface area contributed by atoms with Crippen LogP contribution in [0.3, 0.4) is 0 Å². The normalized spacial score (nSPS) is 13.8. The van der Waals surface area contributed by atoms with E-state index in [0.29, 0.717) is 23.9 Å². The summed E-state index contributed by atoms with van der Waals surface area (Å²) in [4.78, 5) is 27.2. The molecule has 0 N–H and O–H groups in total. The molecule has 0 unspecified atom stereocenters. The molecule has 1 heterocycles. The molecule has 0 bridgehead atoms. The Labute approximate surface area is 171 Å². The number of hydrogen-bond acceptors (Lipinski definition) is 2. The van der Waals surface area contributed by atoms with Crippen molar-refractivity contribution in [1.29, 1.82) is 0 Å². The monoisotopic (exact) mass is 388 g/mol. The molecule has 3 aromatic rings. The van der Waals surface area contributed by atoms with E-state index in [1.807, 2.05) is 50.4 Å². The van der Waals surface area contributed by atoms with Gasteiger partial charge in [-0.25, -0.2) is 0 Å². The van der Waals surface area contributed by atoms with E-state index < -0.39 is 0 Å². The summed E-state index contributed by atoms with van der Waals surface area (Å²) in [6.45, 7) is 6.91. The number of fused-ring (bicyclic) bond motifs is 1. The first-order valence-corrected chi connectivity index (χ1v) is 10.5. The van der Waals surface area contributed by atoms with E-state index in [1.165, 1.54) is 5.56 Å². The molecule has 0 spiro atoms. The molecule has 2 aromatic carbocycles. The van der Waals surface area contributed by atoms with Crippen LogP contribution in [0.25, 0.3) is 10.9 Å². The van der Waals surface area contributed by atoms with Crippen LogP contribution in [0.5, 0.6) is 0 Å². The van der Waals surface area contributed by atoms with Gasteiger partial charge in [0.1, 0.15) is 0 Å². The fourth-order valence-electron chi connectivity index (χ4n) is 3.99. The van der Waals surface area contributed by atoms with Crippen molar-refractivity contribution in [2.24, 2.45) is 0 Å². The zero-order valence-electron chi connectivity index (χ0n) is 17.6. The largest absolute Gasteiger partial charge is 0.311 e. The third kappa shape index (κ3) is 3.59. The number of amides is 1. The van der Waals surface area contributed by atoms with E-state index in [-0.39, 0.29) is 11.5 Å². The molecule has 150 valence electrons. The van der Waals surface area contributed by atoms with Gasteiger partial charge in [-0.15, -0.1) is 0 Å². The Morgan fingerprint density at radius 3 is 2.38 bits per heavy atom. The van der Waals surface area contributed by atoms with Crippen molar-refractivity contribution in [2.75, 3.05) is 11.9 Å². The summed E-state index contributed by atoms with van der Waals surface area (Å²) in [5, 5.41) is 1.08. The molecule has 1 amide bonds. The standard InChI is InChI=1S/C25H28N2O2/c1-5-27-23-13-12-20(14-22(23)21(15-24(27)28)18-8-9-18)26(4)25(29)19-10-6-17(7-11-19)16(2)3/h6-7,10-16,18H,5,8-9H2,1-4H3. The van der Waals surface area contributed by atoms with E-state index in [0.717, 1.165) is 35.0 Å². The minimum absolute atomic E-state index is 0.0311. The van der Waals surface area contributed by atoms with Crippen molar-refractivity contribution in [3.8, 4) is 0 Å². The Kier molecular flexibility index (Phi) is 5.03. The highest BCUT2D eigenvalue weighted by molar-refractivity contribution is 6.06. The van der Waals surface area contributed by atoms with E-state index in [1.54, 1.807) is 15.5 Å². The van der Waals surface area contributed by atoms with E-state index in [4.69, 9.17) is 0 Å². The molecular formula is C25H28N2O2. The lowest BCUT2D eigenvalue weighted by atomic mass is 10.0. The maximum Gasteiger partial charge on any atom is 0.258 e. The van der Waals surface area contributed by atoms with Crippen molar-refractivity contribution in [3.63, 3.8) is 0 Å². The summed E-state index contributed by atoms with van der Waals surface area (Å²) in [5.41, 5.74) is 4.88. The van der Waals surface area contributed by atoms with Crippen LogP contribution in [-0.2, 0) is 6.54 Å². The predicted octanol–water partition coefficient (Wildman–Crippen LogP) is 5.30. The average Bonchev–Trinajstić information content (AvgIpc) is 3.57. The third-order valence-corrected chi connectivity index (χ3v) is 5.98. The minimum Gasteiger partial charge on any atom is -0.311 e. The number of aromatic nitrogens is 1. The molecule has 1 aliphatic carbocycles. The number of nitrogens with zero attached hydrogens (tertiary/aromatic N) is 2. The van der Waals surface area contributed by atoms with Gasteiger partial charge in [-0.1, -0.05) is 26.0 Å². The number of hydrogen-bond donors (Lipinski definition) is 0. The predicted molar refractivity (Wildman–Crippen MR) is 119 cm³/mol. The fourth-order valence-corrected chi connectivity index (χ4v) is 3.99. The van der Waals surface area contributed by atoms with E-state index >= 15 is 0 Å². The summed E-state index contributed by atoms with van der Waals surface area (Å²) in [6.07, 6.45) is 2.26. The smallest absolute Gasteiger partial charge is 0.258 e. The van der Waals surface area contributed by atoms with Gasteiger partial charge in [0.25, 0.3) is 11.5 Å². The zero-order valence-corrected chi connectivity index (χ0v) is 17.6. The second kappa shape index (κ2) is 7.51. The maximum absolute atomic E-state index is 13.0. The van der Waals surface area contributed by atoms with Gasteiger partial charge in [-0.2, -0.15) is 0 Å². The van der Waals surface area contributed by atoms with Gasteiger partial charge in [0.2, 0.25) is 0 Å². The lowest BCUT2D eigenvalue weighted by Crippen LogP contribution is -2.26. The Morgan fingerprint density at radius 2 is 1.79 bits per heavy atom. The van der Waals surface area contributed by atoms with Gasteiger partial charge in [0, 0.05) is 36.3 Å². The molecule has 1 aromatic heterocycles. The zero-order chi connectivity index (χ0) is 20.7. The minimum atomic E-state index is -0.0311. The third-order valence-electron chi connectivity index (χ3n) is 5.98. The molecular weight excluding hydrogens is 360 g/mol. The molecule has 0 aliphatic heterocycles. The van der Waals surface area contributed by atoms with Gasteiger partial charge in [0.15, 0.2) is 0 Å². The molecule has 0 saturated heterocycles. The molecule has 1 aliphatic rings. The molecule has 29 heavy (non-hydrogen) atoms. The van der Waals surface area contributed by atoms with Gasteiger partial charge < -0.3 is 9.47 Å². The molecule has 4 heteroatoms. The first kappa shape index (κ1) is 19.4. The van der Waals surface area contributed by atoms with Crippen LogP contribution in [0.4, 0.5) is 5.69 Å². The van der Waals surface area contributed by atoms with Crippen molar-refractivity contribution in [1.82, 2.24) is 4.57 Å². The number of carbonyl (C=O) groups excluding carboxylic acids is 1. The van der Waals surface area contributed by atoms with Crippen LogP contribution < -0.4 is 10.5 Å². The number of carbonyl (C=O) groups is 1. The number of benzene rings is 2. The Bertz CT molecular complexity index is 1120. The molecule has 4 rings (SSSR count). The first-order valence-electron chi connectivity index (χ1n) is 10.5. The number of aryl methyl sites for hydroxylation is 1.